The second-order valence-electron chi connectivity index (χ2n) is 5.70. The molecule has 0 aliphatic heterocycles. The Morgan fingerprint density at radius 2 is 2.25 bits per heavy atom. The summed E-state index contributed by atoms with van der Waals surface area (Å²) in [5.41, 5.74) is 3.36. The second-order valence-corrected chi connectivity index (χ2v) is 6.66. The van der Waals surface area contributed by atoms with Gasteiger partial charge < -0.3 is 15.0 Å². The van der Waals surface area contributed by atoms with Gasteiger partial charge in [-0.05, 0) is 43.9 Å². The largest absolute Gasteiger partial charge is 0.495 e. The number of benzene rings is 1. The highest BCUT2D eigenvalue weighted by Crippen LogP contribution is 2.29. The van der Waals surface area contributed by atoms with Crippen LogP contribution in [0, 0.1) is 6.92 Å². The number of aromatic amines is 1. The topological polar surface area (TPSA) is 84.1 Å². The van der Waals surface area contributed by atoms with E-state index in [0.717, 1.165) is 36.1 Å². The minimum Gasteiger partial charge on any atom is -0.495 e. The number of aryl methyl sites for hydroxylation is 2. The van der Waals surface area contributed by atoms with Gasteiger partial charge in [-0.1, -0.05) is 17.8 Å². The number of nitrogens with zero attached hydrogens (tertiary/aromatic N) is 1. The second kappa shape index (κ2) is 7.09. The lowest BCUT2D eigenvalue weighted by Crippen LogP contribution is -2.17. The molecule has 7 heteroatoms. The van der Waals surface area contributed by atoms with E-state index in [2.05, 4.69) is 15.3 Å². The number of carbonyl (C=O) groups excluding carboxylic acids is 1. The van der Waals surface area contributed by atoms with Crippen LogP contribution in [-0.4, -0.2) is 28.7 Å². The third kappa shape index (κ3) is 3.62. The molecule has 126 valence electrons. The van der Waals surface area contributed by atoms with Crippen LogP contribution in [0.1, 0.15) is 23.2 Å². The molecule has 3 rings (SSSR count). The number of amides is 1. The highest BCUT2D eigenvalue weighted by Gasteiger charge is 2.19. The van der Waals surface area contributed by atoms with Crippen LogP contribution in [0.5, 0.6) is 5.75 Å². The van der Waals surface area contributed by atoms with Gasteiger partial charge in [0.25, 0.3) is 0 Å². The summed E-state index contributed by atoms with van der Waals surface area (Å²) < 4.78 is 5.26. The molecule has 1 amide bonds. The third-order valence-corrected chi connectivity index (χ3v) is 4.92. The molecule has 0 saturated carbocycles. The number of rotatable bonds is 5. The molecule has 2 N–H and O–H groups in total. The highest BCUT2D eigenvalue weighted by atomic mass is 32.2. The Morgan fingerprint density at radius 3 is 3.04 bits per heavy atom. The molecule has 1 heterocycles. The van der Waals surface area contributed by atoms with Crippen LogP contribution < -0.4 is 15.7 Å². The van der Waals surface area contributed by atoms with Crippen molar-refractivity contribution < 1.29 is 9.53 Å². The van der Waals surface area contributed by atoms with E-state index in [9.17, 15) is 9.59 Å². The molecule has 1 aliphatic rings. The molecular formula is C17H19N3O3S. The van der Waals surface area contributed by atoms with Crippen LogP contribution >= 0.6 is 11.8 Å². The maximum atomic E-state index is 12.2. The van der Waals surface area contributed by atoms with E-state index < -0.39 is 0 Å². The Labute approximate surface area is 144 Å². The van der Waals surface area contributed by atoms with Crippen LogP contribution in [0.25, 0.3) is 0 Å². The van der Waals surface area contributed by atoms with Gasteiger partial charge in [0, 0.05) is 11.3 Å². The van der Waals surface area contributed by atoms with Gasteiger partial charge in [-0.3, -0.25) is 4.79 Å². The van der Waals surface area contributed by atoms with E-state index >= 15 is 0 Å². The molecule has 0 bridgehead atoms. The smallest absolute Gasteiger partial charge is 0.346 e. The Balaban J connectivity index is 1.69. The number of ether oxygens (including phenoxy) is 1. The van der Waals surface area contributed by atoms with Gasteiger partial charge in [0.15, 0.2) is 0 Å². The van der Waals surface area contributed by atoms with E-state index in [-0.39, 0.29) is 17.3 Å². The fourth-order valence-corrected chi connectivity index (χ4v) is 3.68. The van der Waals surface area contributed by atoms with Gasteiger partial charge in [-0.15, -0.1) is 0 Å². The lowest BCUT2D eigenvalue weighted by molar-refractivity contribution is -0.113. The number of carbonyl (C=O) groups is 1. The maximum absolute atomic E-state index is 12.2. The first-order valence-electron chi connectivity index (χ1n) is 7.76. The summed E-state index contributed by atoms with van der Waals surface area (Å²) in [5.74, 6) is 0.659. The SMILES string of the molecule is COc1ccc(C)cc1NC(=O)CSc1nc(=O)[nH]c2c1CCC2. The van der Waals surface area contributed by atoms with Crippen molar-refractivity contribution in [1.82, 2.24) is 9.97 Å². The molecule has 1 aliphatic carbocycles. The summed E-state index contributed by atoms with van der Waals surface area (Å²) in [7, 11) is 1.57. The summed E-state index contributed by atoms with van der Waals surface area (Å²) in [4.78, 5) is 30.7. The van der Waals surface area contributed by atoms with Crippen molar-refractivity contribution in [2.24, 2.45) is 0 Å². The van der Waals surface area contributed by atoms with Crippen LogP contribution in [-0.2, 0) is 17.6 Å². The fraction of sp³-hybridized carbons (Fsp3) is 0.353. The Kier molecular flexibility index (Phi) is 4.89. The van der Waals surface area contributed by atoms with Crippen LogP contribution in [0.3, 0.4) is 0 Å². The lowest BCUT2D eigenvalue weighted by Gasteiger charge is -2.11. The average Bonchev–Trinajstić information content (AvgIpc) is 3.01. The van der Waals surface area contributed by atoms with Crippen LogP contribution in [0.2, 0.25) is 0 Å². The number of hydrogen-bond acceptors (Lipinski definition) is 5. The van der Waals surface area contributed by atoms with Gasteiger partial charge in [0.05, 0.1) is 18.6 Å². The summed E-state index contributed by atoms with van der Waals surface area (Å²) in [6.07, 6.45) is 2.78. The number of methoxy groups -OCH3 is 1. The molecule has 0 radical (unpaired) electrons. The molecule has 24 heavy (non-hydrogen) atoms. The highest BCUT2D eigenvalue weighted by molar-refractivity contribution is 8.00. The quantitative estimate of drug-likeness (QED) is 0.642. The molecular weight excluding hydrogens is 326 g/mol. The van der Waals surface area contributed by atoms with Gasteiger partial charge in [0.2, 0.25) is 5.91 Å². The van der Waals surface area contributed by atoms with Crippen molar-refractivity contribution in [3.63, 3.8) is 0 Å². The van der Waals surface area contributed by atoms with Gasteiger partial charge in [-0.25, -0.2) is 4.79 Å². The Morgan fingerprint density at radius 1 is 1.42 bits per heavy atom. The normalized spacial score (nSPS) is 12.8. The number of thioether (sulfide) groups is 1. The van der Waals surface area contributed by atoms with Crippen molar-refractivity contribution >= 4 is 23.4 Å². The van der Waals surface area contributed by atoms with Crippen molar-refractivity contribution in [2.75, 3.05) is 18.2 Å². The number of H-pyrrole nitrogens is 1. The van der Waals surface area contributed by atoms with Crippen LogP contribution in [0.4, 0.5) is 5.69 Å². The molecule has 0 fully saturated rings. The number of fused-ring (bicyclic) bond motifs is 1. The maximum Gasteiger partial charge on any atom is 0.346 e. The van der Waals surface area contributed by atoms with Gasteiger partial charge >= 0.3 is 5.69 Å². The van der Waals surface area contributed by atoms with E-state index in [1.165, 1.54) is 11.8 Å². The predicted molar refractivity (Wildman–Crippen MR) is 94.0 cm³/mol. The minimum atomic E-state index is -0.348. The first-order chi connectivity index (χ1) is 11.6. The predicted octanol–water partition coefficient (Wildman–Crippen LogP) is 2.31. The summed E-state index contributed by atoms with van der Waals surface area (Å²) in [6.45, 7) is 1.95. The van der Waals surface area contributed by atoms with Gasteiger partial charge in [0.1, 0.15) is 10.8 Å². The zero-order valence-corrected chi connectivity index (χ0v) is 14.5. The van der Waals surface area contributed by atoms with Crippen molar-refractivity contribution in [2.45, 2.75) is 31.2 Å². The molecule has 0 atom stereocenters. The standard InChI is InChI=1S/C17H19N3O3S/c1-10-6-7-14(23-2)13(8-10)18-15(21)9-24-16-11-4-3-5-12(11)19-17(22)20-16/h6-8H,3-5,9H2,1-2H3,(H,18,21)(H,19,20,22). The number of aromatic nitrogens is 2. The van der Waals surface area contributed by atoms with Crippen molar-refractivity contribution in [3.05, 3.63) is 45.5 Å². The van der Waals surface area contributed by atoms with E-state index in [1.807, 2.05) is 25.1 Å². The minimum absolute atomic E-state index is 0.155. The molecule has 0 spiro atoms. The number of anilines is 1. The Hall–Kier alpha value is -2.28. The molecule has 6 nitrogen and oxygen atoms in total. The van der Waals surface area contributed by atoms with Crippen molar-refractivity contribution in [1.29, 1.82) is 0 Å². The zero-order chi connectivity index (χ0) is 17.1. The fourth-order valence-electron chi connectivity index (χ4n) is 2.79. The van der Waals surface area contributed by atoms with E-state index in [1.54, 1.807) is 7.11 Å². The average molecular weight is 345 g/mol. The van der Waals surface area contributed by atoms with Crippen molar-refractivity contribution in [3.8, 4) is 5.75 Å². The number of hydrogen-bond donors (Lipinski definition) is 2. The summed E-state index contributed by atoms with van der Waals surface area (Å²) >= 11 is 1.30. The molecule has 1 aromatic carbocycles. The first-order valence-corrected chi connectivity index (χ1v) is 8.74. The Bertz CT molecular complexity index is 832. The summed E-state index contributed by atoms with van der Waals surface area (Å²) in [5, 5.41) is 3.52. The first kappa shape index (κ1) is 16.6. The third-order valence-electron chi connectivity index (χ3n) is 3.91. The van der Waals surface area contributed by atoms with E-state index in [0.29, 0.717) is 16.5 Å². The molecule has 0 saturated heterocycles. The summed E-state index contributed by atoms with van der Waals surface area (Å²) in [6, 6.07) is 5.61. The van der Waals surface area contributed by atoms with Gasteiger partial charge in [-0.2, -0.15) is 4.98 Å². The van der Waals surface area contributed by atoms with E-state index in [4.69, 9.17) is 4.74 Å². The molecule has 0 unspecified atom stereocenters. The zero-order valence-electron chi connectivity index (χ0n) is 13.6. The monoisotopic (exact) mass is 345 g/mol. The molecule has 2 aromatic rings. The lowest BCUT2D eigenvalue weighted by atomic mass is 10.2. The molecule has 1 aromatic heterocycles. The van der Waals surface area contributed by atoms with Crippen LogP contribution in [0.15, 0.2) is 28.0 Å². The number of nitrogens with one attached hydrogen (secondary N) is 2.